The monoisotopic (exact) mass is 425 g/mol. The molecule has 2 aromatic rings. The van der Waals surface area contributed by atoms with E-state index in [0.29, 0.717) is 18.0 Å². The number of likely N-dealkylation sites (tertiary alicyclic amines) is 1. The van der Waals surface area contributed by atoms with Gasteiger partial charge in [-0.15, -0.1) is 11.3 Å². The molecule has 1 N–H and O–H groups in total. The maximum absolute atomic E-state index is 13.1. The molecule has 0 radical (unpaired) electrons. The van der Waals surface area contributed by atoms with Crippen molar-refractivity contribution in [2.24, 2.45) is 16.7 Å². The predicted octanol–water partition coefficient (Wildman–Crippen LogP) is 4.18. The van der Waals surface area contributed by atoms with E-state index in [0.717, 1.165) is 16.2 Å². The van der Waals surface area contributed by atoms with Crippen LogP contribution in [0.4, 0.5) is 5.13 Å². The van der Waals surface area contributed by atoms with Gasteiger partial charge in [0.05, 0.1) is 11.1 Å². The Bertz CT molecular complexity index is 1060. The number of aryl methyl sites for hydroxylation is 2. The van der Waals surface area contributed by atoms with E-state index >= 15 is 0 Å². The predicted molar refractivity (Wildman–Crippen MR) is 117 cm³/mol. The summed E-state index contributed by atoms with van der Waals surface area (Å²) in [5, 5.41) is 5.10. The third kappa shape index (κ3) is 3.07. The number of nitrogens with zero attached hydrogens (tertiary/aromatic N) is 2. The van der Waals surface area contributed by atoms with E-state index in [4.69, 9.17) is 0 Å². The summed E-state index contributed by atoms with van der Waals surface area (Å²) in [6.45, 7) is 9.74. The molecule has 158 valence electrons. The molecule has 0 spiro atoms. The number of aromatic nitrogens is 1. The molecule has 2 bridgehead atoms. The van der Waals surface area contributed by atoms with Crippen LogP contribution in [0.3, 0.4) is 0 Å². The van der Waals surface area contributed by atoms with E-state index in [-0.39, 0.29) is 29.7 Å². The lowest BCUT2D eigenvalue weighted by Crippen LogP contribution is -2.60. The van der Waals surface area contributed by atoms with Crippen molar-refractivity contribution in [3.8, 4) is 11.3 Å². The molecule has 2 atom stereocenters. The number of fused-ring (bicyclic) bond motifs is 2. The summed E-state index contributed by atoms with van der Waals surface area (Å²) in [5.41, 5.74) is 3.18. The number of amides is 3. The smallest absolute Gasteiger partial charge is 0.246 e. The number of nitrogens with one attached hydrogen (secondary N) is 1. The number of anilines is 1. The van der Waals surface area contributed by atoms with Crippen LogP contribution in [0.15, 0.2) is 23.6 Å². The molecule has 2 fully saturated rings. The van der Waals surface area contributed by atoms with Gasteiger partial charge in [-0.2, -0.15) is 0 Å². The Morgan fingerprint density at radius 2 is 1.97 bits per heavy atom. The molecular formula is C23H27N3O3S. The molecule has 2 aliphatic rings. The lowest BCUT2D eigenvalue weighted by atomic mass is 9.62. The normalized spacial score (nSPS) is 25.0. The highest BCUT2D eigenvalue weighted by molar-refractivity contribution is 7.14. The summed E-state index contributed by atoms with van der Waals surface area (Å²) in [4.78, 5) is 44.3. The first kappa shape index (κ1) is 20.7. The molecule has 1 aliphatic heterocycles. The van der Waals surface area contributed by atoms with Gasteiger partial charge in [-0.05, 0) is 49.3 Å². The second-order valence-electron chi connectivity index (χ2n) is 9.26. The van der Waals surface area contributed by atoms with Crippen molar-refractivity contribution in [2.75, 3.05) is 11.9 Å². The zero-order chi connectivity index (χ0) is 21.8. The summed E-state index contributed by atoms with van der Waals surface area (Å²) in [6, 6.07) is 6.12. The molecule has 1 aliphatic carbocycles. The molecule has 4 rings (SSSR count). The Kier molecular flexibility index (Phi) is 4.84. The molecule has 1 aromatic carbocycles. The van der Waals surface area contributed by atoms with Crippen molar-refractivity contribution in [3.05, 3.63) is 34.7 Å². The van der Waals surface area contributed by atoms with Gasteiger partial charge in [0.25, 0.3) is 0 Å². The van der Waals surface area contributed by atoms with Gasteiger partial charge >= 0.3 is 0 Å². The van der Waals surface area contributed by atoms with Crippen LogP contribution in [0.1, 0.15) is 44.7 Å². The fourth-order valence-electron chi connectivity index (χ4n) is 4.72. The largest absolute Gasteiger partial charge is 0.300 e. The molecular weight excluding hydrogens is 398 g/mol. The number of thiazole rings is 1. The fraction of sp³-hybridized carbons (Fsp3) is 0.478. The van der Waals surface area contributed by atoms with Crippen molar-refractivity contribution >= 4 is 34.2 Å². The molecule has 1 saturated heterocycles. The highest BCUT2D eigenvalue weighted by atomic mass is 32.1. The van der Waals surface area contributed by atoms with Gasteiger partial charge in [0.1, 0.15) is 6.54 Å². The van der Waals surface area contributed by atoms with Crippen LogP contribution in [0.25, 0.3) is 11.3 Å². The zero-order valence-electron chi connectivity index (χ0n) is 18.0. The quantitative estimate of drug-likeness (QED) is 0.746. The minimum Gasteiger partial charge on any atom is -0.300 e. The number of carbonyl (C=O) groups is 3. The summed E-state index contributed by atoms with van der Waals surface area (Å²) >= 11 is 1.33. The Hall–Kier alpha value is -2.54. The van der Waals surface area contributed by atoms with Gasteiger partial charge in [0.2, 0.25) is 17.7 Å². The van der Waals surface area contributed by atoms with Gasteiger partial charge in [0.15, 0.2) is 5.13 Å². The molecule has 2 heterocycles. The SMILES string of the molecule is Cc1ccc(-c2csc(NC(=O)CN3C(=O)C4CCC(C)(C3=O)C4(C)C)n2)cc1C. The van der Waals surface area contributed by atoms with E-state index in [9.17, 15) is 14.4 Å². The van der Waals surface area contributed by atoms with Crippen LogP contribution in [-0.4, -0.2) is 34.2 Å². The van der Waals surface area contributed by atoms with Crippen LogP contribution in [0.2, 0.25) is 0 Å². The maximum Gasteiger partial charge on any atom is 0.246 e. The van der Waals surface area contributed by atoms with Crippen LogP contribution in [0.5, 0.6) is 0 Å². The van der Waals surface area contributed by atoms with E-state index < -0.39 is 11.3 Å². The van der Waals surface area contributed by atoms with E-state index in [2.05, 4.69) is 30.2 Å². The van der Waals surface area contributed by atoms with E-state index in [1.165, 1.54) is 22.5 Å². The minimum absolute atomic E-state index is 0.218. The topological polar surface area (TPSA) is 79.4 Å². The number of piperidine rings is 1. The molecule has 2 unspecified atom stereocenters. The second-order valence-corrected chi connectivity index (χ2v) is 10.1. The zero-order valence-corrected chi connectivity index (χ0v) is 18.9. The number of hydrogen-bond donors (Lipinski definition) is 1. The first-order valence-electron chi connectivity index (χ1n) is 10.2. The number of rotatable bonds is 4. The highest BCUT2D eigenvalue weighted by Gasteiger charge is 2.64. The number of imide groups is 1. The minimum atomic E-state index is -0.608. The van der Waals surface area contributed by atoms with Crippen LogP contribution in [0, 0.1) is 30.6 Å². The Labute approximate surface area is 180 Å². The third-order valence-corrected chi connectivity index (χ3v) is 8.12. The average molecular weight is 426 g/mol. The summed E-state index contributed by atoms with van der Waals surface area (Å²) < 4.78 is 0. The third-order valence-electron chi connectivity index (χ3n) is 7.36. The van der Waals surface area contributed by atoms with Gasteiger partial charge in [-0.25, -0.2) is 4.98 Å². The average Bonchev–Trinajstić information content (AvgIpc) is 3.21. The number of hydrogen-bond acceptors (Lipinski definition) is 5. The van der Waals surface area contributed by atoms with Gasteiger partial charge in [0, 0.05) is 16.9 Å². The fourth-order valence-corrected chi connectivity index (χ4v) is 5.45. The molecule has 1 aromatic heterocycles. The molecule has 1 saturated carbocycles. The number of carbonyl (C=O) groups excluding carboxylic acids is 3. The van der Waals surface area contributed by atoms with Crippen molar-refractivity contribution in [1.82, 2.24) is 9.88 Å². The molecule has 30 heavy (non-hydrogen) atoms. The molecule has 7 heteroatoms. The van der Waals surface area contributed by atoms with Crippen LogP contribution < -0.4 is 5.32 Å². The van der Waals surface area contributed by atoms with Crippen molar-refractivity contribution in [3.63, 3.8) is 0 Å². The van der Waals surface area contributed by atoms with Crippen LogP contribution in [-0.2, 0) is 14.4 Å². The molecule has 3 amide bonds. The van der Waals surface area contributed by atoms with Gasteiger partial charge in [-0.1, -0.05) is 32.9 Å². The standard InChI is InChI=1S/C23H27N3O3S/c1-13-6-7-15(10-14(13)2)17-12-30-21(24-17)25-18(27)11-26-19(28)16-8-9-23(5,20(26)29)22(16,3)4/h6-7,10,12,16H,8-9,11H2,1-5H3,(H,24,25,27). The highest BCUT2D eigenvalue weighted by Crippen LogP contribution is 2.59. The lowest BCUT2D eigenvalue weighted by molar-refractivity contribution is -0.168. The van der Waals surface area contributed by atoms with Crippen molar-refractivity contribution < 1.29 is 14.4 Å². The molecule has 6 nitrogen and oxygen atoms in total. The van der Waals surface area contributed by atoms with Crippen molar-refractivity contribution in [1.29, 1.82) is 0 Å². The van der Waals surface area contributed by atoms with Crippen molar-refractivity contribution in [2.45, 2.75) is 47.5 Å². The van der Waals surface area contributed by atoms with E-state index in [1.54, 1.807) is 0 Å². The first-order chi connectivity index (χ1) is 14.0. The van der Waals surface area contributed by atoms with E-state index in [1.807, 2.05) is 38.3 Å². The summed E-state index contributed by atoms with van der Waals surface area (Å²) in [7, 11) is 0. The Morgan fingerprint density at radius 1 is 1.23 bits per heavy atom. The summed E-state index contributed by atoms with van der Waals surface area (Å²) in [6.07, 6.45) is 1.37. The lowest BCUT2D eigenvalue weighted by Gasteiger charge is -2.47. The van der Waals surface area contributed by atoms with Crippen LogP contribution >= 0.6 is 11.3 Å². The Morgan fingerprint density at radius 3 is 2.67 bits per heavy atom. The Balaban J connectivity index is 1.47. The van der Waals surface area contributed by atoms with Gasteiger partial charge < -0.3 is 5.32 Å². The first-order valence-corrected chi connectivity index (χ1v) is 11.1. The van der Waals surface area contributed by atoms with Gasteiger partial charge in [-0.3, -0.25) is 19.3 Å². The summed E-state index contributed by atoms with van der Waals surface area (Å²) in [5.74, 6) is -1.09. The second kappa shape index (κ2) is 7.01. The number of benzene rings is 1. The maximum atomic E-state index is 13.1.